The van der Waals surface area contributed by atoms with Gasteiger partial charge in [-0.1, -0.05) is 29.8 Å². The van der Waals surface area contributed by atoms with E-state index in [4.69, 9.17) is 11.6 Å². The first kappa shape index (κ1) is 14.4. The topological polar surface area (TPSA) is 40.5 Å². The normalized spacial score (nSPS) is 10.3. The van der Waals surface area contributed by atoms with Crippen LogP contribution in [0.5, 0.6) is 5.75 Å². The molecule has 0 unspecified atom stereocenters. The van der Waals surface area contributed by atoms with E-state index in [-0.39, 0.29) is 17.2 Å². The molecule has 2 aromatic rings. The van der Waals surface area contributed by atoms with Gasteiger partial charge in [0.25, 0.3) is 5.91 Å². The molecule has 0 fully saturated rings. The number of rotatable bonds is 3. The van der Waals surface area contributed by atoms with Crippen molar-refractivity contribution in [3.05, 3.63) is 58.6 Å². The van der Waals surface area contributed by atoms with Crippen molar-refractivity contribution >= 4 is 23.2 Å². The molecular formula is C16H16ClNO2. The maximum Gasteiger partial charge on any atom is 0.262 e. The number of hydrogen-bond acceptors (Lipinski definition) is 2. The van der Waals surface area contributed by atoms with Gasteiger partial charge in [-0.05, 0) is 43.7 Å². The number of anilines is 1. The third kappa shape index (κ3) is 2.78. The average Bonchev–Trinajstić information content (AvgIpc) is 2.41. The lowest BCUT2D eigenvalue weighted by Gasteiger charge is -2.23. The Labute approximate surface area is 123 Å². The number of halogens is 1. The van der Waals surface area contributed by atoms with E-state index in [1.54, 1.807) is 17.0 Å². The van der Waals surface area contributed by atoms with Crippen LogP contribution in [0.4, 0.5) is 5.69 Å². The molecule has 0 atom stereocenters. The van der Waals surface area contributed by atoms with E-state index < -0.39 is 0 Å². The van der Waals surface area contributed by atoms with Gasteiger partial charge in [0.05, 0.1) is 5.56 Å². The molecule has 4 heteroatoms. The number of carbonyl (C=O) groups is 1. The van der Waals surface area contributed by atoms with E-state index in [1.807, 2.05) is 38.1 Å². The zero-order chi connectivity index (χ0) is 14.7. The number of nitrogens with zero attached hydrogens (tertiary/aromatic N) is 1. The summed E-state index contributed by atoms with van der Waals surface area (Å²) in [5.41, 5.74) is 2.10. The summed E-state index contributed by atoms with van der Waals surface area (Å²) in [5.74, 6) is -0.342. The Morgan fingerprint density at radius 3 is 2.55 bits per heavy atom. The fraction of sp³-hybridized carbons (Fsp3) is 0.188. The zero-order valence-corrected chi connectivity index (χ0v) is 12.2. The Morgan fingerprint density at radius 1 is 1.25 bits per heavy atom. The Hall–Kier alpha value is -2.00. The van der Waals surface area contributed by atoms with Gasteiger partial charge in [-0.25, -0.2) is 0 Å². The maximum atomic E-state index is 12.6. The Bertz CT molecular complexity index is 640. The number of amides is 1. The zero-order valence-electron chi connectivity index (χ0n) is 11.4. The van der Waals surface area contributed by atoms with Gasteiger partial charge in [0.15, 0.2) is 0 Å². The lowest BCUT2D eigenvalue weighted by molar-refractivity contribution is 0.0985. The van der Waals surface area contributed by atoms with E-state index in [1.165, 1.54) is 6.07 Å². The van der Waals surface area contributed by atoms with Gasteiger partial charge in [-0.15, -0.1) is 0 Å². The summed E-state index contributed by atoms with van der Waals surface area (Å²) < 4.78 is 0. The second-order valence-electron chi connectivity index (χ2n) is 4.50. The molecule has 0 saturated heterocycles. The fourth-order valence-corrected chi connectivity index (χ4v) is 2.29. The second kappa shape index (κ2) is 5.97. The Kier molecular flexibility index (Phi) is 4.30. The molecule has 0 aliphatic rings. The Morgan fingerprint density at radius 2 is 1.95 bits per heavy atom. The molecule has 0 saturated carbocycles. The smallest absolute Gasteiger partial charge is 0.262 e. The molecule has 1 N–H and O–H groups in total. The monoisotopic (exact) mass is 289 g/mol. The van der Waals surface area contributed by atoms with Crippen LogP contribution in [0.1, 0.15) is 22.8 Å². The molecule has 104 valence electrons. The summed E-state index contributed by atoms with van der Waals surface area (Å²) in [4.78, 5) is 14.2. The molecule has 3 nitrogen and oxygen atoms in total. The highest BCUT2D eigenvalue weighted by Crippen LogP contribution is 2.27. The van der Waals surface area contributed by atoms with Crippen LogP contribution in [-0.2, 0) is 0 Å². The van der Waals surface area contributed by atoms with Crippen LogP contribution < -0.4 is 4.90 Å². The first-order valence-electron chi connectivity index (χ1n) is 6.40. The maximum absolute atomic E-state index is 12.6. The summed E-state index contributed by atoms with van der Waals surface area (Å²) in [7, 11) is 0. The van der Waals surface area contributed by atoms with Crippen molar-refractivity contribution in [2.75, 3.05) is 11.4 Å². The van der Waals surface area contributed by atoms with Gasteiger partial charge >= 0.3 is 0 Å². The van der Waals surface area contributed by atoms with E-state index in [9.17, 15) is 9.90 Å². The van der Waals surface area contributed by atoms with Gasteiger partial charge in [0, 0.05) is 17.3 Å². The molecule has 2 aromatic carbocycles. The van der Waals surface area contributed by atoms with Gasteiger partial charge in [-0.3, -0.25) is 4.79 Å². The lowest BCUT2D eigenvalue weighted by atomic mass is 10.1. The SMILES string of the molecule is CCN(C(=O)c1ccc(Cl)cc1O)c1ccccc1C. The average molecular weight is 290 g/mol. The van der Waals surface area contributed by atoms with Crippen molar-refractivity contribution in [2.45, 2.75) is 13.8 Å². The van der Waals surface area contributed by atoms with Crippen molar-refractivity contribution in [1.82, 2.24) is 0 Å². The van der Waals surface area contributed by atoms with E-state index >= 15 is 0 Å². The lowest BCUT2D eigenvalue weighted by Crippen LogP contribution is -2.31. The fourth-order valence-electron chi connectivity index (χ4n) is 2.12. The number of aromatic hydroxyl groups is 1. The molecule has 0 radical (unpaired) electrons. The summed E-state index contributed by atoms with van der Waals surface area (Å²) in [5, 5.41) is 10.3. The molecular weight excluding hydrogens is 274 g/mol. The minimum Gasteiger partial charge on any atom is -0.507 e. The molecule has 2 rings (SSSR count). The minimum absolute atomic E-state index is 0.102. The van der Waals surface area contributed by atoms with Crippen molar-refractivity contribution in [1.29, 1.82) is 0 Å². The largest absolute Gasteiger partial charge is 0.507 e. The second-order valence-corrected chi connectivity index (χ2v) is 4.93. The highest BCUT2D eigenvalue weighted by atomic mass is 35.5. The van der Waals surface area contributed by atoms with Gasteiger partial charge in [0.2, 0.25) is 0 Å². The highest BCUT2D eigenvalue weighted by molar-refractivity contribution is 6.31. The Balaban J connectivity index is 2.42. The highest BCUT2D eigenvalue weighted by Gasteiger charge is 2.20. The van der Waals surface area contributed by atoms with E-state index in [0.29, 0.717) is 11.6 Å². The molecule has 20 heavy (non-hydrogen) atoms. The molecule has 0 aliphatic heterocycles. The first-order chi connectivity index (χ1) is 9.54. The van der Waals surface area contributed by atoms with Gasteiger partial charge < -0.3 is 10.0 Å². The number of hydrogen-bond donors (Lipinski definition) is 1. The van der Waals surface area contributed by atoms with Gasteiger partial charge in [0.1, 0.15) is 5.75 Å². The van der Waals surface area contributed by atoms with Gasteiger partial charge in [-0.2, -0.15) is 0 Å². The van der Waals surface area contributed by atoms with Crippen LogP contribution in [0.15, 0.2) is 42.5 Å². The van der Waals surface area contributed by atoms with Crippen molar-refractivity contribution in [3.8, 4) is 5.75 Å². The van der Waals surface area contributed by atoms with Crippen LogP contribution in [0.3, 0.4) is 0 Å². The van der Waals surface area contributed by atoms with Crippen LogP contribution in [0.25, 0.3) is 0 Å². The van der Waals surface area contributed by atoms with Crippen molar-refractivity contribution in [2.24, 2.45) is 0 Å². The number of para-hydroxylation sites is 1. The van der Waals surface area contributed by atoms with Crippen LogP contribution in [0, 0.1) is 6.92 Å². The van der Waals surface area contributed by atoms with Crippen molar-refractivity contribution < 1.29 is 9.90 Å². The standard InChI is InChI=1S/C16H16ClNO2/c1-3-18(14-7-5-4-6-11(14)2)16(20)13-9-8-12(17)10-15(13)19/h4-10,19H,3H2,1-2H3. The predicted molar refractivity (Wildman–Crippen MR) is 81.6 cm³/mol. The summed E-state index contributed by atoms with van der Waals surface area (Å²) in [6, 6.07) is 12.2. The summed E-state index contributed by atoms with van der Waals surface area (Å²) in [6.07, 6.45) is 0. The third-order valence-electron chi connectivity index (χ3n) is 3.16. The molecule has 0 bridgehead atoms. The molecule has 0 aliphatic carbocycles. The van der Waals surface area contributed by atoms with Crippen molar-refractivity contribution in [3.63, 3.8) is 0 Å². The molecule has 0 aromatic heterocycles. The third-order valence-corrected chi connectivity index (χ3v) is 3.39. The summed E-state index contributed by atoms with van der Waals surface area (Å²) in [6.45, 7) is 4.37. The minimum atomic E-state index is -0.240. The van der Waals surface area contributed by atoms with E-state index in [2.05, 4.69) is 0 Å². The number of aryl methyl sites for hydroxylation is 1. The summed E-state index contributed by atoms with van der Waals surface area (Å²) >= 11 is 5.79. The molecule has 0 heterocycles. The number of phenols is 1. The molecule has 1 amide bonds. The first-order valence-corrected chi connectivity index (χ1v) is 6.78. The van der Waals surface area contributed by atoms with E-state index in [0.717, 1.165) is 11.3 Å². The quantitative estimate of drug-likeness (QED) is 0.927. The van der Waals surface area contributed by atoms with Crippen LogP contribution >= 0.6 is 11.6 Å². The number of phenolic OH excluding ortho intramolecular Hbond substituents is 1. The molecule has 0 spiro atoms. The number of carbonyl (C=O) groups excluding carboxylic acids is 1. The predicted octanol–water partition coefficient (Wildman–Crippen LogP) is 4.02. The number of benzene rings is 2. The van der Waals surface area contributed by atoms with Crippen LogP contribution in [-0.4, -0.2) is 17.6 Å². The van der Waals surface area contributed by atoms with Crippen LogP contribution in [0.2, 0.25) is 5.02 Å².